The van der Waals surface area contributed by atoms with Gasteiger partial charge < -0.3 is 19.5 Å². The first-order chi connectivity index (χ1) is 17.6. The van der Waals surface area contributed by atoms with Crippen LogP contribution in [-0.4, -0.2) is 72.7 Å². The third-order valence-corrected chi connectivity index (χ3v) is 7.71. The summed E-state index contributed by atoms with van der Waals surface area (Å²) in [5.74, 6) is -0.386. The lowest BCUT2D eigenvalue weighted by Crippen LogP contribution is -2.58. The first-order valence-corrected chi connectivity index (χ1v) is 13.7. The molecule has 0 radical (unpaired) electrons. The lowest BCUT2D eigenvalue weighted by Gasteiger charge is -2.43. The number of hydrogen-bond donors (Lipinski definition) is 1. The van der Waals surface area contributed by atoms with Crippen LogP contribution in [0.1, 0.15) is 37.4 Å². The van der Waals surface area contributed by atoms with E-state index in [2.05, 4.69) is 26.2 Å². The van der Waals surface area contributed by atoms with Crippen LogP contribution in [-0.2, 0) is 23.8 Å². The van der Waals surface area contributed by atoms with Gasteiger partial charge in [0, 0.05) is 39.9 Å². The second-order valence-corrected chi connectivity index (χ2v) is 11.3. The van der Waals surface area contributed by atoms with E-state index in [1.807, 2.05) is 30.2 Å². The molecule has 1 aromatic heterocycles. The number of hydrogen-bond acceptors (Lipinski definition) is 10. The SMILES string of the molecule is CCOC(=O)C1=C(CN2CC(C)(C)OCC2C(=O)OC)NC(c2nccs2)=NC1c1ccc(Cl)cc1Br. The first kappa shape index (κ1) is 27.7. The molecule has 1 aromatic carbocycles. The fraction of sp³-hybridized carbons (Fsp3) is 0.440. The predicted octanol–water partition coefficient (Wildman–Crippen LogP) is 4.12. The van der Waals surface area contributed by atoms with Gasteiger partial charge in [-0.2, -0.15) is 0 Å². The third-order valence-electron chi connectivity index (χ3n) is 6.00. The first-order valence-electron chi connectivity index (χ1n) is 11.7. The molecule has 0 spiro atoms. The number of rotatable bonds is 7. The summed E-state index contributed by atoms with van der Waals surface area (Å²) in [5, 5.41) is 6.40. The van der Waals surface area contributed by atoms with E-state index in [-0.39, 0.29) is 19.8 Å². The topological polar surface area (TPSA) is 102 Å². The molecule has 37 heavy (non-hydrogen) atoms. The molecule has 2 unspecified atom stereocenters. The second kappa shape index (κ2) is 11.6. The largest absolute Gasteiger partial charge is 0.468 e. The van der Waals surface area contributed by atoms with Crippen molar-refractivity contribution in [3.63, 3.8) is 0 Å². The van der Waals surface area contributed by atoms with E-state index in [1.54, 1.807) is 25.3 Å². The molecular weight excluding hydrogens is 584 g/mol. The summed E-state index contributed by atoms with van der Waals surface area (Å²) >= 11 is 11.2. The standard InChI is InChI=1S/C25H28BrClN4O5S/c1-5-35-24(33)19-17(11-31-13-25(2,3)36-12-18(31)23(32)34-4)29-21(22-28-8-9-37-22)30-20(19)15-7-6-14(27)10-16(15)26/h6-10,18,20H,5,11-13H2,1-4H3,(H,29,30). The van der Waals surface area contributed by atoms with Gasteiger partial charge in [0.2, 0.25) is 0 Å². The molecule has 0 aliphatic carbocycles. The molecule has 2 aromatic rings. The maximum Gasteiger partial charge on any atom is 0.338 e. The van der Waals surface area contributed by atoms with Gasteiger partial charge in [-0.25, -0.2) is 9.78 Å². The van der Waals surface area contributed by atoms with Crippen LogP contribution in [0, 0.1) is 0 Å². The third kappa shape index (κ3) is 6.23. The highest BCUT2D eigenvalue weighted by molar-refractivity contribution is 9.10. The molecule has 3 heterocycles. The van der Waals surface area contributed by atoms with E-state index in [4.69, 9.17) is 30.8 Å². The number of carbonyl (C=O) groups is 2. The van der Waals surface area contributed by atoms with Crippen LogP contribution in [0.15, 0.2) is 50.5 Å². The number of benzene rings is 1. The van der Waals surface area contributed by atoms with Gasteiger partial charge in [-0.3, -0.25) is 14.7 Å². The van der Waals surface area contributed by atoms with E-state index in [0.29, 0.717) is 38.2 Å². The minimum atomic E-state index is -0.702. The van der Waals surface area contributed by atoms with Gasteiger partial charge in [0.1, 0.15) is 12.1 Å². The van der Waals surface area contributed by atoms with Gasteiger partial charge in [0.15, 0.2) is 10.8 Å². The molecule has 2 atom stereocenters. The number of aliphatic imine (C=N–C) groups is 1. The summed E-state index contributed by atoms with van der Waals surface area (Å²) in [4.78, 5) is 37.3. The molecule has 198 valence electrons. The van der Waals surface area contributed by atoms with Crippen molar-refractivity contribution in [2.75, 3.05) is 33.4 Å². The van der Waals surface area contributed by atoms with Crippen molar-refractivity contribution in [3.05, 3.63) is 61.1 Å². The summed E-state index contributed by atoms with van der Waals surface area (Å²) in [6.45, 7) is 6.70. The smallest absolute Gasteiger partial charge is 0.338 e. The van der Waals surface area contributed by atoms with E-state index < -0.39 is 29.6 Å². The normalized spacial score (nSPS) is 21.7. The zero-order valence-corrected chi connectivity index (χ0v) is 24.1. The molecule has 1 saturated heterocycles. The molecule has 2 aliphatic rings. The van der Waals surface area contributed by atoms with Crippen LogP contribution in [0.2, 0.25) is 5.02 Å². The van der Waals surface area contributed by atoms with Crippen molar-refractivity contribution < 1.29 is 23.8 Å². The molecule has 2 aliphatic heterocycles. The number of methoxy groups -OCH3 is 1. The Kier molecular flexibility index (Phi) is 8.70. The van der Waals surface area contributed by atoms with Crippen molar-refractivity contribution >= 4 is 56.6 Å². The molecule has 0 saturated carbocycles. The molecule has 12 heteroatoms. The molecule has 9 nitrogen and oxygen atoms in total. The maximum absolute atomic E-state index is 13.4. The Morgan fingerprint density at radius 1 is 1.38 bits per heavy atom. The molecule has 4 rings (SSSR count). The Morgan fingerprint density at radius 3 is 2.81 bits per heavy atom. The molecule has 0 bridgehead atoms. The fourth-order valence-corrected chi connectivity index (χ4v) is 5.83. The molecule has 1 fully saturated rings. The van der Waals surface area contributed by atoms with Crippen molar-refractivity contribution in [3.8, 4) is 0 Å². The predicted molar refractivity (Wildman–Crippen MR) is 145 cm³/mol. The van der Waals surface area contributed by atoms with Crippen molar-refractivity contribution in [1.82, 2.24) is 15.2 Å². The maximum atomic E-state index is 13.4. The van der Waals surface area contributed by atoms with Crippen molar-refractivity contribution in [1.29, 1.82) is 0 Å². The monoisotopic (exact) mass is 610 g/mol. The summed E-state index contributed by atoms with van der Waals surface area (Å²) in [6, 6.07) is 4.00. The molecule has 0 amide bonds. The van der Waals surface area contributed by atoms with Crippen LogP contribution < -0.4 is 5.32 Å². The van der Waals surface area contributed by atoms with Crippen LogP contribution >= 0.6 is 38.9 Å². The number of morpholine rings is 1. The number of halogens is 2. The number of ether oxygens (including phenoxy) is 3. The highest BCUT2D eigenvalue weighted by Crippen LogP contribution is 2.38. The summed E-state index contributed by atoms with van der Waals surface area (Å²) in [5.41, 5.74) is 1.15. The van der Waals surface area contributed by atoms with E-state index in [9.17, 15) is 9.59 Å². The Hall–Kier alpha value is -2.31. The average molecular weight is 612 g/mol. The van der Waals surface area contributed by atoms with Gasteiger partial charge in [-0.05, 0) is 38.5 Å². The second-order valence-electron chi connectivity index (χ2n) is 9.14. The van der Waals surface area contributed by atoms with Crippen molar-refractivity contribution in [2.24, 2.45) is 4.99 Å². The Bertz CT molecular complexity index is 1230. The number of nitrogens with one attached hydrogen (secondary N) is 1. The number of carbonyl (C=O) groups excluding carboxylic acids is 2. The van der Waals surface area contributed by atoms with Gasteiger partial charge >= 0.3 is 11.9 Å². The van der Waals surface area contributed by atoms with Crippen LogP contribution in [0.5, 0.6) is 0 Å². The number of thiazole rings is 1. The lowest BCUT2D eigenvalue weighted by atomic mass is 9.94. The van der Waals surface area contributed by atoms with Gasteiger partial charge in [0.05, 0.1) is 31.5 Å². The number of aromatic nitrogens is 1. The van der Waals surface area contributed by atoms with Gasteiger partial charge in [0.25, 0.3) is 0 Å². The van der Waals surface area contributed by atoms with E-state index in [0.717, 1.165) is 5.56 Å². The van der Waals surface area contributed by atoms with E-state index >= 15 is 0 Å². The highest BCUT2D eigenvalue weighted by atomic mass is 79.9. The quantitative estimate of drug-likeness (QED) is 0.467. The Morgan fingerprint density at radius 2 is 2.16 bits per heavy atom. The number of amidine groups is 1. The minimum absolute atomic E-state index is 0.168. The van der Waals surface area contributed by atoms with Crippen LogP contribution in [0.3, 0.4) is 0 Å². The number of nitrogens with zero attached hydrogens (tertiary/aromatic N) is 3. The average Bonchev–Trinajstić information content (AvgIpc) is 3.38. The zero-order valence-electron chi connectivity index (χ0n) is 20.9. The van der Waals surface area contributed by atoms with Gasteiger partial charge in [-0.1, -0.05) is 33.6 Å². The summed E-state index contributed by atoms with van der Waals surface area (Å²) in [7, 11) is 1.35. The van der Waals surface area contributed by atoms with Crippen LogP contribution in [0.25, 0.3) is 0 Å². The molecule has 1 N–H and O–H groups in total. The lowest BCUT2D eigenvalue weighted by molar-refractivity contribution is -0.164. The Balaban J connectivity index is 1.85. The Labute approximate surface area is 233 Å². The van der Waals surface area contributed by atoms with E-state index in [1.165, 1.54) is 18.4 Å². The van der Waals surface area contributed by atoms with Gasteiger partial charge in [-0.15, -0.1) is 11.3 Å². The summed E-state index contributed by atoms with van der Waals surface area (Å²) < 4.78 is 17.1. The minimum Gasteiger partial charge on any atom is -0.468 e. The van der Waals surface area contributed by atoms with Crippen LogP contribution in [0.4, 0.5) is 0 Å². The highest BCUT2D eigenvalue weighted by Gasteiger charge is 2.41. The number of esters is 2. The molecular formula is C25H28BrClN4O5S. The van der Waals surface area contributed by atoms with Crippen molar-refractivity contribution in [2.45, 2.75) is 38.5 Å². The zero-order chi connectivity index (χ0) is 26.7. The summed E-state index contributed by atoms with van der Waals surface area (Å²) in [6.07, 6.45) is 1.69. The fourth-order valence-electron chi connectivity index (χ4n) is 4.34.